The van der Waals surface area contributed by atoms with Crippen molar-refractivity contribution in [3.05, 3.63) is 59.4 Å². The Morgan fingerprint density at radius 3 is 2.93 bits per heavy atom. The van der Waals surface area contributed by atoms with Crippen LogP contribution in [0.25, 0.3) is 0 Å². The lowest BCUT2D eigenvalue weighted by molar-refractivity contribution is -0.157. The van der Waals surface area contributed by atoms with Crippen LogP contribution in [0, 0.1) is 18.3 Å². The van der Waals surface area contributed by atoms with Crippen LogP contribution in [0.1, 0.15) is 28.0 Å². The maximum Gasteiger partial charge on any atom is 0.311 e. The molecule has 2 aromatic rings. The third kappa shape index (κ3) is 3.82. The first-order valence-corrected chi connectivity index (χ1v) is 9.73. The summed E-state index contributed by atoms with van der Waals surface area (Å²) in [5.74, 6) is -0.494. The Morgan fingerprint density at radius 2 is 2.21 bits per heavy atom. The number of carbonyl (C=O) groups excluding carboxylic acids is 1. The van der Waals surface area contributed by atoms with Crippen LogP contribution in [0.3, 0.4) is 0 Å². The number of aromatic nitrogens is 1. The molecule has 0 aliphatic carbocycles. The number of carboxylic acids is 1. The number of pyridine rings is 1. The average molecular weight is 396 g/mol. The minimum atomic E-state index is -0.896. The zero-order chi connectivity index (χ0) is 20.4. The largest absolute Gasteiger partial charge is 0.487 e. The number of hydrogen-bond donors (Lipinski definition) is 1. The van der Waals surface area contributed by atoms with Gasteiger partial charge in [-0.25, -0.2) is 0 Å². The van der Waals surface area contributed by atoms with Crippen molar-refractivity contribution in [2.75, 3.05) is 26.3 Å². The van der Waals surface area contributed by atoms with Gasteiger partial charge in [0.15, 0.2) is 0 Å². The molecular weight excluding hydrogens is 372 g/mol. The van der Waals surface area contributed by atoms with Gasteiger partial charge < -0.3 is 19.5 Å². The number of rotatable bonds is 5. The molecule has 4 rings (SSSR count). The molecule has 0 bridgehead atoms. The summed E-state index contributed by atoms with van der Waals surface area (Å²) in [5.41, 5.74) is 1.42. The number of benzene rings is 1. The van der Waals surface area contributed by atoms with Crippen LogP contribution < -0.4 is 4.74 Å². The van der Waals surface area contributed by atoms with E-state index in [1.807, 2.05) is 31.2 Å². The second-order valence-electron chi connectivity index (χ2n) is 7.79. The lowest BCUT2D eigenvalue weighted by Crippen LogP contribution is -2.45. The highest BCUT2D eigenvalue weighted by atomic mass is 16.5. The minimum absolute atomic E-state index is 0.154. The van der Waals surface area contributed by atoms with Crippen molar-refractivity contribution in [1.82, 2.24) is 9.88 Å². The van der Waals surface area contributed by atoms with E-state index in [2.05, 4.69) is 4.98 Å². The summed E-state index contributed by atoms with van der Waals surface area (Å²) in [7, 11) is 0. The Balaban J connectivity index is 1.46. The second-order valence-corrected chi connectivity index (χ2v) is 7.79. The van der Waals surface area contributed by atoms with E-state index in [-0.39, 0.29) is 18.4 Å². The van der Waals surface area contributed by atoms with Crippen molar-refractivity contribution in [3.63, 3.8) is 0 Å². The quantitative estimate of drug-likeness (QED) is 0.836. The molecule has 2 aliphatic heterocycles. The molecular formula is C22H24N2O5. The van der Waals surface area contributed by atoms with Gasteiger partial charge in [-0.1, -0.05) is 12.1 Å². The van der Waals surface area contributed by atoms with Gasteiger partial charge in [0.05, 0.1) is 18.2 Å². The molecule has 0 radical (unpaired) electrons. The fourth-order valence-corrected chi connectivity index (χ4v) is 4.14. The van der Waals surface area contributed by atoms with Crippen molar-refractivity contribution in [2.45, 2.75) is 20.0 Å². The summed E-state index contributed by atoms with van der Waals surface area (Å²) in [4.78, 5) is 30.9. The van der Waals surface area contributed by atoms with Gasteiger partial charge in [0.25, 0.3) is 5.91 Å². The molecule has 1 aromatic heterocycles. The summed E-state index contributed by atoms with van der Waals surface area (Å²) in [6.45, 7) is 3.67. The number of ether oxygens (including phenoxy) is 2. The minimum Gasteiger partial charge on any atom is -0.487 e. The van der Waals surface area contributed by atoms with E-state index in [0.717, 1.165) is 11.3 Å². The summed E-state index contributed by atoms with van der Waals surface area (Å²) in [6, 6.07) is 11.0. The van der Waals surface area contributed by atoms with E-state index >= 15 is 0 Å². The third-order valence-electron chi connectivity index (χ3n) is 5.88. The standard InChI is InChI=1S/C22H24N2O5/c1-15-5-6-19(10-23-15)29-12-16-3-2-4-17(9-16)20(25)24-11-18-13-28-8-7-22(18,14-24)21(26)27/h2-6,9-10,18H,7-8,11-14H2,1H3,(H,26,27)/t18-,22+/m0/s1. The van der Waals surface area contributed by atoms with Crippen molar-refractivity contribution in [2.24, 2.45) is 11.3 Å². The maximum absolute atomic E-state index is 13.1. The molecule has 2 aliphatic rings. The number of fused-ring (bicyclic) bond motifs is 1. The van der Waals surface area contributed by atoms with Gasteiger partial charge in [-0.15, -0.1) is 0 Å². The van der Waals surface area contributed by atoms with E-state index in [0.29, 0.717) is 44.1 Å². The van der Waals surface area contributed by atoms with Crippen molar-refractivity contribution < 1.29 is 24.2 Å². The molecule has 1 amide bonds. The molecule has 29 heavy (non-hydrogen) atoms. The van der Waals surface area contributed by atoms with Gasteiger partial charge >= 0.3 is 5.97 Å². The van der Waals surface area contributed by atoms with E-state index in [1.165, 1.54) is 0 Å². The third-order valence-corrected chi connectivity index (χ3v) is 5.88. The Labute approximate surface area is 169 Å². The fraction of sp³-hybridized carbons (Fsp3) is 0.409. The maximum atomic E-state index is 13.1. The highest BCUT2D eigenvalue weighted by Gasteiger charge is 2.54. The Hall–Kier alpha value is -2.93. The molecule has 7 heteroatoms. The molecule has 2 fully saturated rings. The van der Waals surface area contributed by atoms with Crippen molar-refractivity contribution in [3.8, 4) is 5.75 Å². The molecule has 2 atom stereocenters. The van der Waals surface area contributed by atoms with E-state index in [9.17, 15) is 14.7 Å². The second kappa shape index (κ2) is 7.83. The number of aliphatic carboxylic acids is 1. The summed E-state index contributed by atoms with van der Waals surface area (Å²) >= 11 is 0. The summed E-state index contributed by atoms with van der Waals surface area (Å²) in [6.07, 6.45) is 2.11. The Kier molecular flexibility index (Phi) is 5.24. The SMILES string of the molecule is Cc1ccc(OCc2cccc(C(=O)N3C[C@H]4COCC[C@@]4(C(=O)O)C3)c2)cn1. The normalized spacial score (nSPS) is 23.5. The topological polar surface area (TPSA) is 89.0 Å². The van der Waals surface area contributed by atoms with Gasteiger partial charge in [0.1, 0.15) is 12.4 Å². The lowest BCUT2D eigenvalue weighted by Gasteiger charge is -2.33. The number of likely N-dealkylation sites (tertiary alicyclic amines) is 1. The molecule has 152 valence electrons. The molecule has 0 spiro atoms. The van der Waals surface area contributed by atoms with Crippen LogP contribution in [0.2, 0.25) is 0 Å². The van der Waals surface area contributed by atoms with Crippen LogP contribution in [-0.2, 0) is 16.1 Å². The monoisotopic (exact) mass is 396 g/mol. The number of nitrogens with zero attached hydrogens (tertiary/aromatic N) is 2. The summed E-state index contributed by atoms with van der Waals surface area (Å²) < 4.78 is 11.2. The van der Waals surface area contributed by atoms with E-state index in [1.54, 1.807) is 23.2 Å². The first kappa shape index (κ1) is 19.4. The smallest absolute Gasteiger partial charge is 0.311 e. The average Bonchev–Trinajstić information content (AvgIpc) is 3.14. The zero-order valence-electron chi connectivity index (χ0n) is 16.3. The highest BCUT2D eigenvalue weighted by Crippen LogP contribution is 2.42. The molecule has 0 unspecified atom stereocenters. The zero-order valence-corrected chi connectivity index (χ0v) is 16.3. The first-order valence-electron chi connectivity index (χ1n) is 9.73. The predicted molar refractivity (Wildman–Crippen MR) is 105 cm³/mol. The molecule has 7 nitrogen and oxygen atoms in total. The Morgan fingerprint density at radius 1 is 1.34 bits per heavy atom. The van der Waals surface area contributed by atoms with Gasteiger partial charge in [-0.3, -0.25) is 14.6 Å². The van der Waals surface area contributed by atoms with Crippen LogP contribution in [0.4, 0.5) is 0 Å². The fourth-order valence-electron chi connectivity index (χ4n) is 4.14. The van der Waals surface area contributed by atoms with Gasteiger partial charge in [-0.05, 0) is 43.2 Å². The van der Waals surface area contributed by atoms with E-state index in [4.69, 9.17) is 9.47 Å². The molecule has 1 aromatic carbocycles. The molecule has 1 N–H and O–H groups in total. The number of amides is 1. The lowest BCUT2D eigenvalue weighted by atomic mass is 9.74. The molecule has 0 saturated carbocycles. The van der Waals surface area contributed by atoms with Crippen LogP contribution >= 0.6 is 0 Å². The number of hydrogen-bond acceptors (Lipinski definition) is 5. The van der Waals surface area contributed by atoms with Gasteiger partial charge in [-0.2, -0.15) is 0 Å². The van der Waals surface area contributed by atoms with Gasteiger partial charge in [0, 0.05) is 36.9 Å². The first-order chi connectivity index (χ1) is 14.0. The van der Waals surface area contributed by atoms with Gasteiger partial charge in [0.2, 0.25) is 0 Å². The highest BCUT2D eigenvalue weighted by molar-refractivity contribution is 5.95. The van der Waals surface area contributed by atoms with E-state index < -0.39 is 11.4 Å². The molecule has 2 saturated heterocycles. The van der Waals surface area contributed by atoms with Crippen LogP contribution in [0.15, 0.2) is 42.6 Å². The van der Waals surface area contributed by atoms with Crippen molar-refractivity contribution in [1.29, 1.82) is 0 Å². The van der Waals surface area contributed by atoms with Crippen molar-refractivity contribution >= 4 is 11.9 Å². The van der Waals surface area contributed by atoms with Crippen LogP contribution in [-0.4, -0.2) is 53.2 Å². The number of carbonyl (C=O) groups is 2. The van der Waals surface area contributed by atoms with Crippen LogP contribution in [0.5, 0.6) is 5.75 Å². The Bertz CT molecular complexity index is 914. The predicted octanol–water partition coefficient (Wildman–Crippen LogP) is 2.53. The molecule has 3 heterocycles. The number of carboxylic acid groups (broad SMARTS) is 1. The summed E-state index contributed by atoms with van der Waals surface area (Å²) in [5, 5.41) is 9.79. The number of aryl methyl sites for hydroxylation is 1.